The second-order valence-corrected chi connectivity index (χ2v) is 2.49. The summed E-state index contributed by atoms with van der Waals surface area (Å²) < 4.78 is 0.852. The maximum atomic E-state index is 8.97. The fraction of sp³-hybridized carbons (Fsp3) is 0.167. The molecule has 0 aromatic carbocycles. The summed E-state index contributed by atoms with van der Waals surface area (Å²) >= 11 is 2.46. The molecule has 0 unspecified atom stereocenters. The minimum absolute atomic E-state index is 0.251. The number of hydrogen-bond donors (Lipinski definition) is 1. The van der Waals surface area contributed by atoms with Crippen molar-refractivity contribution in [1.29, 1.82) is 0 Å². The highest BCUT2D eigenvalue weighted by molar-refractivity contribution is 6.30. The Morgan fingerprint density at radius 3 is 2.78 bits per heavy atom. The molecule has 0 aliphatic heterocycles. The Balaban J connectivity index is 3.17. The fourth-order valence-electron chi connectivity index (χ4n) is 0.571. The first-order valence-electron chi connectivity index (χ1n) is 2.61. The molecule has 0 saturated carbocycles. The number of hydrogen-bond acceptors (Lipinski definition) is 2. The zero-order valence-electron chi connectivity index (χ0n) is 5.13. The molecule has 0 saturated heterocycles. The van der Waals surface area contributed by atoms with Gasteiger partial charge in [-0.25, -0.2) is 0 Å². The lowest BCUT2D eigenvalue weighted by atomic mass is 10.3. The third-order valence-corrected chi connectivity index (χ3v) is 1.42. The molecule has 44 valence electrons. The van der Waals surface area contributed by atoms with E-state index >= 15 is 0 Å². The lowest BCUT2D eigenvalue weighted by Gasteiger charge is -1.97. The number of aryl methyl sites for hydroxylation is 1. The van der Waals surface area contributed by atoms with Gasteiger partial charge in [0.15, 0.2) is 0 Å². The zero-order chi connectivity index (χ0) is 6.85. The lowest BCUT2D eigenvalue weighted by molar-refractivity contribution is 0.469. The summed E-state index contributed by atoms with van der Waals surface area (Å²) in [5.41, 5.74) is 0.856. The molecule has 1 N–H and O–H groups in total. The van der Waals surface area contributed by atoms with E-state index in [1.807, 2.05) is 6.92 Å². The second-order valence-electron chi connectivity index (χ2n) is 1.90. The van der Waals surface area contributed by atoms with Crippen LogP contribution < -0.4 is 4.56 Å². The number of aromatic hydroxyl groups is 1. The van der Waals surface area contributed by atoms with Crippen LogP contribution in [0.4, 0.5) is 0 Å². The van der Waals surface area contributed by atoms with E-state index < -0.39 is 0 Å². The van der Waals surface area contributed by atoms with Gasteiger partial charge >= 0.3 is 0 Å². The van der Waals surface area contributed by atoms with E-state index in [0.29, 0.717) is 0 Å². The molecule has 0 amide bonds. The van der Waals surface area contributed by atoms with Crippen LogP contribution in [0.3, 0.4) is 0 Å². The smallest absolute Gasteiger partial charge is 0.209 e. The molecule has 1 rings (SSSR count). The third kappa shape index (κ3) is 1.44. The van der Waals surface area contributed by atoms with Crippen molar-refractivity contribution in [3.63, 3.8) is 0 Å². The van der Waals surface area contributed by atoms with Crippen molar-refractivity contribution in [3.8, 4) is 5.75 Å². The first kappa shape index (κ1) is 6.60. The monoisotopic (exact) mass is 135 g/mol. The average Bonchev–Trinajstić information content (AvgIpc) is 1.80. The fourth-order valence-corrected chi connectivity index (χ4v) is 0.895. The first-order chi connectivity index (χ1) is 4.20. The predicted molar refractivity (Wildman–Crippen MR) is 36.0 cm³/mol. The molecule has 0 spiro atoms. The van der Waals surface area contributed by atoms with Crippen molar-refractivity contribution < 1.29 is 5.11 Å². The largest absolute Gasteiger partial charge is 0.506 e. The van der Waals surface area contributed by atoms with Crippen LogP contribution in [0.25, 0.3) is 0 Å². The maximum Gasteiger partial charge on any atom is 0.209 e. The Hall–Kier alpha value is -0.518. The van der Waals surface area contributed by atoms with Gasteiger partial charge in [-0.3, -0.25) is 4.98 Å². The molecule has 0 fully saturated rings. The molecule has 1 aromatic heterocycles. The predicted octanol–water partition coefficient (Wildman–Crippen LogP) is -0.111. The van der Waals surface area contributed by atoms with Gasteiger partial charge in [0.05, 0.1) is 6.20 Å². The lowest BCUT2D eigenvalue weighted by Crippen LogP contribution is -2.06. The molecular formula is C6H6AlNO. The zero-order valence-corrected chi connectivity index (χ0v) is 6.28. The Morgan fingerprint density at radius 2 is 2.33 bits per heavy atom. The molecule has 2 nitrogen and oxygen atoms in total. The van der Waals surface area contributed by atoms with Crippen LogP contribution in [0.2, 0.25) is 0 Å². The minimum Gasteiger partial charge on any atom is -0.506 e. The van der Waals surface area contributed by atoms with Gasteiger partial charge in [0.1, 0.15) is 5.75 Å². The van der Waals surface area contributed by atoms with Crippen molar-refractivity contribution in [2.24, 2.45) is 0 Å². The minimum atomic E-state index is 0.251. The maximum absolute atomic E-state index is 8.97. The molecule has 2 radical (unpaired) electrons. The van der Waals surface area contributed by atoms with Gasteiger partial charge in [0, 0.05) is 0 Å². The highest BCUT2D eigenvalue weighted by Gasteiger charge is 1.92. The van der Waals surface area contributed by atoms with Crippen LogP contribution in [0, 0.1) is 6.92 Å². The second kappa shape index (κ2) is 2.38. The standard InChI is InChI=1S/C6H6NO.Al/c1-5-2-3-7-4-6(5)8;/h2,4,8H,1H3;. The van der Waals surface area contributed by atoms with Crippen molar-refractivity contribution in [2.45, 2.75) is 6.92 Å². The van der Waals surface area contributed by atoms with Gasteiger partial charge in [-0.15, -0.1) is 0 Å². The van der Waals surface area contributed by atoms with Crippen LogP contribution in [0.5, 0.6) is 5.75 Å². The Bertz CT molecular complexity index is 224. The molecule has 3 heteroatoms. The number of pyridine rings is 1. The van der Waals surface area contributed by atoms with E-state index in [0.717, 1.165) is 10.1 Å². The molecule has 0 bridgehead atoms. The molecule has 0 aliphatic rings. The van der Waals surface area contributed by atoms with E-state index in [2.05, 4.69) is 21.3 Å². The quantitative estimate of drug-likeness (QED) is 0.503. The van der Waals surface area contributed by atoms with Crippen LogP contribution in [-0.4, -0.2) is 26.4 Å². The third-order valence-electron chi connectivity index (χ3n) is 1.10. The highest BCUT2D eigenvalue weighted by Crippen LogP contribution is 2.09. The summed E-state index contributed by atoms with van der Waals surface area (Å²) in [5, 5.41) is 8.97. The summed E-state index contributed by atoms with van der Waals surface area (Å²) in [4.78, 5) is 3.85. The summed E-state index contributed by atoms with van der Waals surface area (Å²) in [6, 6.07) is 1.81. The first-order valence-corrected chi connectivity index (χ1v) is 3.19. The molecule has 1 heterocycles. The van der Waals surface area contributed by atoms with Crippen molar-refractivity contribution in [2.75, 3.05) is 0 Å². The topological polar surface area (TPSA) is 33.1 Å². The van der Waals surface area contributed by atoms with Gasteiger partial charge in [0.25, 0.3) is 0 Å². The summed E-state index contributed by atoms with van der Waals surface area (Å²) in [7, 11) is 0. The number of aromatic nitrogens is 1. The van der Waals surface area contributed by atoms with Crippen LogP contribution in [0.1, 0.15) is 5.56 Å². The van der Waals surface area contributed by atoms with Gasteiger partial charge in [-0.1, -0.05) is 10.6 Å². The normalized spacial score (nSPS) is 9.44. The van der Waals surface area contributed by atoms with Gasteiger partial charge < -0.3 is 5.11 Å². The molecule has 0 aliphatic carbocycles. The summed E-state index contributed by atoms with van der Waals surface area (Å²) in [5.74, 6) is 0.251. The highest BCUT2D eigenvalue weighted by atomic mass is 27.0. The SMILES string of the molecule is Cc1c[c]([Al])ncc1O. The molecule has 0 atom stereocenters. The Morgan fingerprint density at radius 1 is 1.67 bits per heavy atom. The number of rotatable bonds is 0. The van der Waals surface area contributed by atoms with Crippen LogP contribution in [-0.2, 0) is 0 Å². The van der Waals surface area contributed by atoms with E-state index in [9.17, 15) is 0 Å². The Kier molecular flexibility index (Phi) is 1.75. The van der Waals surface area contributed by atoms with E-state index in [-0.39, 0.29) is 5.75 Å². The van der Waals surface area contributed by atoms with Crippen molar-refractivity contribution in [3.05, 3.63) is 17.8 Å². The van der Waals surface area contributed by atoms with E-state index in [1.165, 1.54) is 6.20 Å². The van der Waals surface area contributed by atoms with Gasteiger partial charge in [0.2, 0.25) is 16.3 Å². The average molecular weight is 135 g/mol. The van der Waals surface area contributed by atoms with E-state index in [1.54, 1.807) is 6.07 Å². The van der Waals surface area contributed by atoms with E-state index in [4.69, 9.17) is 5.11 Å². The summed E-state index contributed by atoms with van der Waals surface area (Å²) in [6.07, 6.45) is 1.44. The van der Waals surface area contributed by atoms with Crippen LogP contribution >= 0.6 is 0 Å². The summed E-state index contributed by atoms with van der Waals surface area (Å²) in [6.45, 7) is 1.84. The van der Waals surface area contributed by atoms with Crippen molar-refractivity contribution >= 4 is 20.8 Å². The van der Waals surface area contributed by atoms with Crippen LogP contribution in [0.15, 0.2) is 12.3 Å². The number of nitrogens with zero attached hydrogens (tertiary/aromatic N) is 1. The molecule has 1 aromatic rings. The Labute approximate surface area is 62.0 Å². The van der Waals surface area contributed by atoms with Gasteiger partial charge in [-0.2, -0.15) is 0 Å². The van der Waals surface area contributed by atoms with Crippen molar-refractivity contribution in [1.82, 2.24) is 4.98 Å². The van der Waals surface area contributed by atoms with Gasteiger partial charge in [-0.05, 0) is 12.5 Å². The molecule has 9 heavy (non-hydrogen) atoms. The molecular weight excluding hydrogens is 129 g/mol.